The first-order valence-corrected chi connectivity index (χ1v) is 9.87. The molecular weight excluding hydrogens is 394 g/mol. The zero-order valence-electron chi connectivity index (χ0n) is 15.8. The van der Waals surface area contributed by atoms with E-state index >= 15 is 0 Å². The number of aryl methyl sites for hydroxylation is 1. The predicted octanol–water partition coefficient (Wildman–Crippen LogP) is 3.22. The van der Waals surface area contributed by atoms with Crippen LogP contribution in [0.25, 0.3) is 0 Å². The van der Waals surface area contributed by atoms with Crippen LogP contribution in [0.4, 0.5) is 0 Å². The molecule has 1 aliphatic rings. The SMILES string of the molecule is CN=C(NCC(c1ccco1)N1CCCC1)N(C)Cc1cc(Br)cn1C. The van der Waals surface area contributed by atoms with E-state index in [1.165, 1.54) is 18.5 Å². The maximum absolute atomic E-state index is 5.70. The second-order valence-electron chi connectivity index (χ2n) is 6.82. The Morgan fingerprint density at radius 3 is 2.77 bits per heavy atom. The molecule has 1 saturated heterocycles. The fourth-order valence-electron chi connectivity index (χ4n) is 3.56. The van der Waals surface area contributed by atoms with Crippen molar-refractivity contribution in [2.75, 3.05) is 33.7 Å². The van der Waals surface area contributed by atoms with E-state index in [0.29, 0.717) is 0 Å². The highest BCUT2D eigenvalue weighted by atomic mass is 79.9. The summed E-state index contributed by atoms with van der Waals surface area (Å²) in [5.74, 6) is 1.90. The van der Waals surface area contributed by atoms with Crippen molar-refractivity contribution in [2.45, 2.75) is 25.4 Å². The number of aromatic nitrogens is 1. The molecule has 0 aromatic carbocycles. The van der Waals surface area contributed by atoms with Crippen molar-refractivity contribution in [2.24, 2.45) is 12.0 Å². The van der Waals surface area contributed by atoms with Crippen LogP contribution in [0.5, 0.6) is 0 Å². The molecule has 0 aliphatic carbocycles. The third-order valence-electron chi connectivity index (χ3n) is 4.95. The number of likely N-dealkylation sites (tertiary alicyclic amines) is 1. The van der Waals surface area contributed by atoms with Crippen LogP contribution in [0.15, 0.2) is 44.5 Å². The van der Waals surface area contributed by atoms with E-state index in [2.05, 4.69) is 73.0 Å². The van der Waals surface area contributed by atoms with Gasteiger partial charge in [0.25, 0.3) is 0 Å². The van der Waals surface area contributed by atoms with E-state index in [0.717, 1.165) is 42.4 Å². The molecule has 6 nitrogen and oxygen atoms in total. The van der Waals surface area contributed by atoms with E-state index in [1.54, 1.807) is 6.26 Å². The lowest BCUT2D eigenvalue weighted by Gasteiger charge is -2.29. The normalized spacial score (nSPS) is 16.8. The molecular formula is C19H28BrN5O. The lowest BCUT2D eigenvalue weighted by atomic mass is 10.2. The number of guanidine groups is 1. The molecule has 0 saturated carbocycles. The third kappa shape index (κ3) is 4.51. The van der Waals surface area contributed by atoms with Gasteiger partial charge in [0.05, 0.1) is 18.8 Å². The maximum Gasteiger partial charge on any atom is 0.193 e. The highest BCUT2D eigenvalue weighted by molar-refractivity contribution is 9.10. The summed E-state index contributed by atoms with van der Waals surface area (Å²) in [7, 11) is 5.95. The van der Waals surface area contributed by atoms with E-state index < -0.39 is 0 Å². The number of furan rings is 1. The summed E-state index contributed by atoms with van der Waals surface area (Å²) in [5, 5.41) is 3.53. The largest absolute Gasteiger partial charge is 0.468 e. The first kappa shape index (κ1) is 19.0. The van der Waals surface area contributed by atoms with E-state index in [9.17, 15) is 0 Å². The Morgan fingerprint density at radius 2 is 2.19 bits per heavy atom. The first-order valence-electron chi connectivity index (χ1n) is 9.08. The Balaban J connectivity index is 1.63. The van der Waals surface area contributed by atoms with Crippen LogP contribution in [0.2, 0.25) is 0 Å². The number of nitrogens with one attached hydrogen (secondary N) is 1. The van der Waals surface area contributed by atoms with Gasteiger partial charge in [0.1, 0.15) is 5.76 Å². The van der Waals surface area contributed by atoms with Crippen LogP contribution in [0.3, 0.4) is 0 Å². The molecule has 0 radical (unpaired) electrons. The minimum atomic E-state index is 0.238. The fraction of sp³-hybridized carbons (Fsp3) is 0.526. The Labute approximate surface area is 164 Å². The summed E-state index contributed by atoms with van der Waals surface area (Å²) in [6, 6.07) is 6.41. The molecule has 0 bridgehead atoms. The van der Waals surface area contributed by atoms with Crippen LogP contribution in [-0.2, 0) is 13.6 Å². The Kier molecular flexibility index (Phi) is 6.43. The molecule has 0 spiro atoms. The summed E-state index contributed by atoms with van der Waals surface area (Å²) in [6.45, 7) is 3.82. The van der Waals surface area contributed by atoms with Crippen molar-refractivity contribution < 1.29 is 4.42 Å². The van der Waals surface area contributed by atoms with Gasteiger partial charge in [-0.1, -0.05) is 0 Å². The second kappa shape index (κ2) is 8.77. The minimum Gasteiger partial charge on any atom is -0.468 e. The molecule has 1 fully saturated rings. The van der Waals surface area contributed by atoms with Crippen molar-refractivity contribution in [3.05, 3.63) is 46.6 Å². The van der Waals surface area contributed by atoms with Crippen molar-refractivity contribution in [1.82, 2.24) is 19.7 Å². The van der Waals surface area contributed by atoms with Gasteiger partial charge < -0.3 is 19.2 Å². The minimum absolute atomic E-state index is 0.238. The van der Waals surface area contributed by atoms with E-state index in [-0.39, 0.29) is 6.04 Å². The third-order valence-corrected chi connectivity index (χ3v) is 5.39. The number of hydrogen-bond acceptors (Lipinski definition) is 3. The van der Waals surface area contributed by atoms with E-state index in [1.807, 2.05) is 13.1 Å². The van der Waals surface area contributed by atoms with Gasteiger partial charge in [0, 0.05) is 44.1 Å². The van der Waals surface area contributed by atoms with Gasteiger partial charge in [-0.15, -0.1) is 0 Å². The fourth-order valence-corrected chi connectivity index (χ4v) is 4.13. The van der Waals surface area contributed by atoms with Crippen LogP contribution in [0, 0.1) is 0 Å². The smallest absolute Gasteiger partial charge is 0.193 e. The average Bonchev–Trinajstić information content (AvgIpc) is 3.35. The van der Waals surface area contributed by atoms with Gasteiger partial charge in [0.2, 0.25) is 0 Å². The summed E-state index contributed by atoms with van der Waals surface area (Å²) in [5.41, 5.74) is 1.23. The molecule has 2 aromatic rings. The first-order chi connectivity index (χ1) is 12.6. The summed E-state index contributed by atoms with van der Waals surface area (Å²) in [6.07, 6.45) is 6.34. The molecule has 142 valence electrons. The zero-order valence-corrected chi connectivity index (χ0v) is 17.4. The Morgan fingerprint density at radius 1 is 1.42 bits per heavy atom. The molecule has 1 aliphatic heterocycles. The van der Waals surface area contributed by atoms with Crippen molar-refractivity contribution in [3.63, 3.8) is 0 Å². The molecule has 0 amide bonds. The van der Waals surface area contributed by atoms with Gasteiger partial charge in [-0.25, -0.2) is 0 Å². The Hall–Kier alpha value is -1.73. The van der Waals surface area contributed by atoms with Gasteiger partial charge >= 0.3 is 0 Å². The standard InChI is InChI=1S/C19H28BrN5O/c1-21-19(24(3)14-16-11-15(20)13-23(16)2)22-12-17(18-7-6-10-26-18)25-8-4-5-9-25/h6-7,10-11,13,17H,4-5,8-9,12,14H2,1-3H3,(H,21,22). The van der Waals surface area contributed by atoms with Gasteiger partial charge in [0.15, 0.2) is 5.96 Å². The molecule has 7 heteroatoms. The quantitative estimate of drug-likeness (QED) is 0.574. The lowest BCUT2D eigenvalue weighted by molar-refractivity contribution is 0.214. The van der Waals surface area contributed by atoms with Gasteiger partial charge in [-0.05, 0) is 60.1 Å². The Bertz CT molecular complexity index is 718. The molecule has 2 aromatic heterocycles. The summed E-state index contributed by atoms with van der Waals surface area (Å²) >= 11 is 3.54. The predicted molar refractivity (Wildman–Crippen MR) is 108 cm³/mol. The summed E-state index contributed by atoms with van der Waals surface area (Å²) in [4.78, 5) is 9.10. The average molecular weight is 422 g/mol. The van der Waals surface area contributed by atoms with Gasteiger partial charge in [-0.3, -0.25) is 9.89 Å². The number of nitrogens with zero attached hydrogens (tertiary/aromatic N) is 4. The lowest BCUT2D eigenvalue weighted by Crippen LogP contribution is -2.43. The molecule has 1 atom stereocenters. The van der Waals surface area contributed by atoms with Crippen LogP contribution < -0.4 is 5.32 Å². The van der Waals surface area contributed by atoms with Crippen molar-refractivity contribution in [3.8, 4) is 0 Å². The van der Waals surface area contributed by atoms with Crippen LogP contribution in [-0.4, -0.2) is 54.1 Å². The van der Waals surface area contributed by atoms with Crippen molar-refractivity contribution in [1.29, 1.82) is 0 Å². The van der Waals surface area contributed by atoms with Gasteiger partial charge in [-0.2, -0.15) is 0 Å². The number of aliphatic imine (C=N–C) groups is 1. The summed E-state index contributed by atoms with van der Waals surface area (Å²) < 4.78 is 8.93. The van der Waals surface area contributed by atoms with E-state index in [4.69, 9.17) is 4.42 Å². The van der Waals surface area contributed by atoms with Crippen LogP contribution >= 0.6 is 15.9 Å². The maximum atomic E-state index is 5.70. The number of rotatable bonds is 6. The molecule has 26 heavy (non-hydrogen) atoms. The molecule has 3 heterocycles. The highest BCUT2D eigenvalue weighted by Gasteiger charge is 2.26. The zero-order chi connectivity index (χ0) is 18.5. The van der Waals surface area contributed by atoms with Crippen molar-refractivity contribution >= 4 is 21.9 Å². The highest BCUT2D eigenvalue weighted by Crippen LogP contribution is 2.25. The molecule has 1 N–H and O–H groups in total. The molecule has 3 rings (SSSR count). The van der Waals surface area contributed by atoms with Crippen LogP contribution in [0.1, 0.15) is 30.3 Å². The number of hydrogen-bond donors (Lipinski definition) is 1. The molecule has 1 unspecified atom stereocenters. The monoisotopic (exact) mass is 421 g/mol. The number of halogens is 1. The second-order valence-corrected chi connectivity index (χ2v) is 7.73. The topological polar surface area (TPSA) is 48.9 Å².